The minimum atomic E-state index is 0.711. The third kappa shape index (κ3) is 3.42. The number of pyridine rings is 1. The highest BCUT2D eigenvalue weighted by Gasteiger charge is 2.29. The van der Waals surface area contributed by atoms with E-state index in [4.69, 9.17) is 16.6 Å². The number of nitrogens with zero attached hydrogens (tertiary/aromatic N) is 4. The van der Waals surface area contributed by atoms with Gasteiger partial charge in [-0.15, -0.1) is 0 Å². The van der Waals surface area contributed by atoms with Crippen LogP contribution in [-0.2, 0) is 6.54 Å². The van der Waals surface area contributed by atoms with Gasteiger partial charge in [-0.1, -0.05) is 29.8 Å². The van der Waals surface area contributed by atoms with Gasteiger partial charge < -0.3 is 4.90 Å². The van der Waals surface area contributed by atoms with Crippen LogP contribution in [0.15, 0.2) is 30.3 Å². The van der Waals surface area contributed by atoms with Crippen molar-refractivity contribution in [2.24, 2.45) is 0 Å². The molecule has 0 bridgehead atoms. The smallest absolute Gasteiger partial charge is 0.0891 e. The van der Waals surface area contributed by atoms with E-state index in [0.29, 0.717) is 6.04 Å². The Hall–Kier alpha value is -1.20. The lowest BCUT2D eigenvalue weighted by Crippen LogP contribution is -2.49. The summed E-state index contributed by atoms with van der Waals surface area (Å²) >= 11 is 6.30. The van der Waals surface area contributed by atoms with Crippen LogP contribution in [0.4, 0.5) is 0 Å². The van der Waals surface area contributed by atoms with Crippen molar-refractivity contribution in [3.8, 4) is 0 Å². The molecule has 1 atom stereocenters. The van der Waals surface area contributed by atoms with E-state index >= 15 is 0 Å². The number of benzene rings is 1. The summed E-state index contributed by atoms with van der Waals surface area (Å²) in [5.74, 6) is 0. The van der Waals surface area contributed by atoms with Gasteiger partial charge in [0.05, 0.1) is 16.2 Å². The lowest BCUT2D eigenvalue weighted by atomic mass is 10.2. The predicted molar refractivity (Wildman–Crippen MR) is 99.5 cm³/mol. The summed E-state index contributed by atoms with van der Waals surface area (Å²) < 4.78 is 0. The maximum atomic E-state index is 6.30. The minimum Gasteiger partial charge on any atom is -0.304 e. The second kappa shape index (κ2) is 6.96. The first-order valence-corrected chi connectivity index (χ1v) is 9.26. The molecule has 0 amide bonds. The Morgan fingerprint density at radius 1 is 1.08 bits per heavy atom. The topological polar surface area (TPSA) is 22.6 Å². The molecule has 1 aromatic heterocycles. The third-order valence-electron chi connectivity index (χ3n) is 5.42. The van der Waals surface area contributed by atoms with Gasteiger partial charge in [0.15, 0.2) is 0 Å². The van der Waals surface area contributed by atoms with E-state index < -0.39 is 0 Å². The van der Waals surface area contributed by atoms with Crippen molar-refractivity contribution in [3.05, 3.63) is 41.0 Å². The predicted octanol–water partition coefficient (Wildman–Crippen LogP) is 2.71. The molecule has 0 N–H and O–H groups in total. The number of halogens is 1. The molecule has 24 heavy (non-hydrogen) atoms. The Balaban J connectivity index is 1.40. The van der Waals surface area contributed by atoms with E-state index in [-0.39, 0.29) is 0 Å². The lowest BCUT2D eigenvalue weighted by molar-refractivity contribution is 0.112. The van der Waals surface area contributed by atoms with Crippen molar-refractivity contribution in [1.82, 2.24) is 19.7 Å². The molecule has 0 saturated carbocycles. The van der Waals surface area contributed by atoms with E-state index in [1.807, 2.05) is 12.1 Å². The molecule has 2 aliphatic heterocycles. The van der Waals surface area contributed by atoms with Crippen molar-refractivity contribution >= 4 is 22.5 Å². The average molecular weight is 345 g/mol. The molecular formula is C19H25ClN4. The molecule has 3 heterocycles. The molecule has 4 rings (SSSR count). The standard InChI is InChI=1S/C19H25ClN4/c1-22-9-11-24(12-10-22)17-7-8-23(14-17)13-16-6-5-15-3-2-4-18(20)19(15)21-16/h2-6,17H,7-14H2,1H3. The number of fused-ring (bicyclic) bond motifs is 1. The molecular weight excluding hydrogens is 320 g/mol. The largest absolute Gasteiger partial charge is 0.304 e. The quantitative estimate of drug-likeness (QED) is 0.853. The molecule has 2 aliphatic rings. The van der Waals surface area contributed by atoms with Crippen LogP contribution in [-0.4, -0.2) is 72.0 Å². The molecule has 0 spiro atoms. The summed E-state index contributed by atoms with van der Waals surface area (Å²) in [5.41, 5.74) is 2.04. The van der Waals surface area contributed by atoms with Gasteiger partial charge in [-0.25, -0.2) is 4.98 Å². The van der Waals surface area contributed by atoms with Crippen LogP contribution in [0.2, 0.25) is 5.02 Å². The molecule has 0 aliphatic carbocycles. The van der Waals surface area contributed by atoms with Crippen LogP contribution in [0.3, 0.4) is 0 Å². The number of likely N-dealkylation sites (tertiary alicyclic amines) is 1. The van der Waals surface area contributed by atoms with Crippen molar-refractivity contribution in [2.45, 2.75) is 19.0 Å². The number of hydrogen-bond acceptors (Lipinski definition) is 4. The van der Waals surface area contributed by atoms with Crippen molar-refractivity contribution in [1.29, 1.82) is 0 Å². The first kappa shape index (κ1) is 16.3. The monoisotopic (exact) mass is 344 g/mol. The fourth-order valence-electron chi connectivity index (χ4n) is 3.91. The van der Waals surface area contributed by atoms with Gasteiger partial charge in [0.2, 0.25) is 0 Å². The summed E-state index contributed by atoms with van der Waals surface area (Å²) in [7, 11) is 2.22. The second-order valence-corrected chi connectivity index (χ2v) is 7.54. The van der Waals surface area contributed by atoms with E-state index in [1.54, 1.807) is 0 Å². The van der Waals surface area contributed by atoms with Gasteiger partial charge >= 0.3 is 0 Å². The molecule has 5 heteroatoms. The molecule has 1 aromatic carbocycles. The van der Waals surface area contributed by atoms with Crippen molar-refractivity contribution in [2.75, 3.05) is 46.3 Å². The van der Waals surface area contributed by atoms with Crippen LogP contribution < -0.4 is 0 Å². The van der Waals surface area contributed by atoms with E-state index in [0.717, 1.165) is 34.7 Å². The van der Waals surface area contributed by atoms with Gasteiger partial charge in [-0.05, 0) is 25.6 Å². The van der Waals surface area contributed by atoms with E-state index in [2.05, 4.69) is 39.9 Å². The number of aromatic nitrogens is 1. The lowest BCUT2D eigenvalue weighted by Gasteiger charge is -2.36. The SMILES string of the molecule is CN1CCN(C2CCN(Cc3ccc4cccc(Cl)c4n3)C2)CC1. The normalized spacial score (nSPS) is 24.0. The summed E-state index contributed by atoms with van der Waals surface area (Å²) in [6, 6.07) is 11.0. The first-order valence-electron chi connectivity index (χ1n) is 8.88. The second-order valence-electron chi connectivity index (χ2n) is 7.13. The fraction of sp³-hybridized carbons (Fsp3) is 0.526. The average Bonchev–Trinajstić information content (AvgIpc) is 3.05. The van der Waals surface area contributed by atoms with Gasteiger partial charge in [0, 0.05) is 57.2 Å². The van der Waals surface area contributed by atoms with Crippen molar-refractivity contribution in [3.63, 3.8) is 0 Å². The number of piperazine rings is 1. The Kier molecular flexibility index (Phi) is 4.72. The number of para-hydroxylation sites is 1. The Morgan fingerprint density at radius 3 is 2.75 bits per heavy atom. The molecule has 128 valence electrons. The van der Waals surface area contributed by atoms with Gasteiger partial charge in [0.25, 0.3) is 0 Å². The van der Waals surface area contributed by atoms with Gasteiger partial charge in [0.1, 0.15) is 0 Å². The van der Waals surface area contributed by atoms with Crippen LogP contribution in [0.5, 0.6) is 0 Å². The molecule has 2 fully saturated rings. The van der Waals surface area contributed by atoms with E-state index in [9.17, 15) is 0 Å². The summed E-state index contributed by atoms with van der Waals surface area (Å²) in [6.07, 6.45) is 1.28. The highest BCUT2D eigenvalue weighted by Crippen LogP contribution is 2.23. The number of hydrogen-bond donors (Lipinski definition) is 0. The van der Waals surface area contributed by atoms with Crippen molar-refractivity contribution < 1.29 is 0 Å². The highest BCUT2D eigenvalue weighted by atomic mass is 35.5. The summed E-state index contributed by atoms with van der Waals surface area (Å²) in [5, 5.41) is 1.86. The fourth-order valence-corrected chi connectivity index (χ4v) is 4.13. The minimum absolute atomic E-state index is 0.711. The van der Waals surface area contributed by atoms with Gasteiger partial charge in [-0.2, -0.15) is 0 Å². The molecule has 4 nitrogen and oxygen atoms in total. The number of likely N-dealkylation sites (N-methyl/N-ethyl adjacent to an activating group) is 1. The summed E-state index contributed by atoms with van der Waals surface area (Å²) in [4.78, 5) is 12.4. The molecule has 0 radical (unpaired) electrons. The molecule has 1 unspecified atom stereocenters. The third-order valence-corrected chi connectivity index (χ3v) is 5.72. The maximum absolute atomic E-state index is 6.30. The van der Waals surface area contributed by atoms with Gasteiger partial charge in [-0.3, -0.25) is 9.80 Å². The molecule has 2 saturated heterocycles. The van der Waals surface area contributed by atoms with Crippen LogP contribution >= 0.6 is 11.6 Å². The zero-order valence-corrected chi connectivity index (χ0v) is 15.0. The van der Waals surface area contributed by atoms with Crippen LogP contribution in [0.1, 0.15) is 12.1 Å². The molecule has 2 aromatic rings. The zero-order chi connectivity index (χ0) is 16.5. The maximum Gasteiger partial charge on any atom is 0.0891 e. The highest BCUT2D eigenvalue weighted by molar-refractivity contribution is 6.35. The first-order chi connectivity index (χ1) is 11.7. The van der Waals surface area contributed by atoms with Crippen LogP contribution in [0, 0.1) is 0 Å². The Morgan fingerprint density at radius 2 is 1.92 bits per heavy atom. The Labute approximate surface area is 149 Å². The van der Waals surface area contributed by atoms with Crippen LogP contribution in [0.25, 0.3) is 10.9 Å². The summed E-state index contributed by atoms with van der Waals surface area (Å²) in [6.45, 7) is 8.05. The zero-order valence-electron chi connectivity index (χ0n) is 14.3. The van der Waals surface area contributed by atoms with E-state index in [1.165, 1.54) is 39.1 Å². The Bertz CT molecular complexity index is 712. The number of rotatable bonds is 3.